The zero-order valence-corrected chi connectivity index (χ0v) is 13.3. The second kappa shape index (κ2) is 5.85. The Balaban J connectivity index is 1.83. The number of rotatable bonds is 3. The van der Waals surface area contributed by atoms with E-state index in [1.165, 1.54) is 5.01 Å². The lowest BCUT2D eigenvalue weighted by Gasteiger charge is -2.42. The van der Waals surface area contributed by atoms with Crippen LogP contribution >= 0.6 is 0 Å². The first-order valence-corrected chi connectivity index (χ1v) is 8.08. The molecule has 0 aromatic heterocycles. The molecule has 2 aromatic rings. The van der Waals surface area contributed by atoms with Crippen molar-refractivity contribution in [1.29, 1.82) is 0 Å². The minimum absolute atomic E-state index is 0.0615. The number of imide groups is 1. The van der Waals surface area contributed by atoms with E-state index in [0.717, 1.165) is 10.8 Å². The van der Waals surface area contributed by atoms with Gasteiger partial charge in [0.25, 0.3) is 11.8 Å². The predicted octanol–water partition coefficient (Wildman–Crippen LogP) is 2.63. The zero-order valence-electron chi connectivity index (χ0n) is 13.3. The Bertz CT molecular complexity index is 795. The van der Waals surface area contributed by atoms with Gasteiger partial charge in [0.2, 0.25) is 0 Å². The highest BCUT2D eigenvalue weighted by Gasteiger charge is 2.40. The first-order valence-electron chi connectivity index (χ1n) is 8.08. The van der Waals surface area contributed by atoms with Gasteiger partial charge in [0.1, 0.15) is 0 Å². The molecule has 5 heteroatoms. The molecule has 5 nitrogen and oxygen atoms in total. The van der Waals surface area contributed by atoms with Crippen molar-refractivity contribution in [3.8, 4) is 0 Å². The van der Waals surface area contributed by atoms with Crippen LogP contribution in [0.2, 0.25) is 0 Å². The number of hydrazine groups is 1. The summed E-state index contributed by atoms with van der Waals surface area (Å²) >= 11 is 0. The molecule has 2 amide bonds. The second-order valence-corrected chi connectivity index (χ2v) is 6.05. The molecule has 0 N–H and O–H groups in total. The van der Waals surface area contributed by atoms with Gasteiger partial charge >= 0.3 is 0 Å². The van der Waals surface area contributed by atoms with Crippen LogP contribution in [0.1, 0.15) is 27.1 Å². The average molecular weight is 322 g/mol. The van der Waals surface area contributed by atoms with E-state index in [1.807, 2.05) is 29.3 Å². The maximum absolute atomic E-state index is 13.1. The number of hydrogen-bond donors (Lipinski definition) is 0. The number of benzene rings is 2. The van der Waals surface area contributed by atoms with Gasteiger partial charge in [-0.2, -0.15) is 0 Å². The number of carbonyl (C=O) groups is 2. The van der Waals surface area contributed by atoms with Crippen LogP contribution in [0, 0.1) is 0 Å². The summed E-state index contributed by atoms with van der Waals surface area (Å²) in [7, 11) is 0. The minimum Gasteiger partial charge on any atom is -0.378 e. The van der Waals surface area contributed by atoms with Crippen LogP contribution in [0.25, 0.3) is 10.8 Å². The molecular weight excluding hydrogens is 304 g/mol. The van der Waals surface area contributed by atoms with Crippen molar-refractivity contribution in [3.05, 3.63) is 60.2 Å². The Morgan fingerprint density at radius 2 is 1.79 bits per heavy atom. The third-order valence-corrected chi connectivity index (χ3v) is 4.64. The van der Waals surface area contributed by atoms with Crippen LogP contribution in [-0.2, 0) is 4.74 Å². The van der Waals surface area contributed by atoms with E-state index < -0.39 is 0 Å². The third kappa shape index (κ3) is 2.17. The van der Waals surface area contributed by atoms with Crippen molar-refractivity contribution >= 4 is 22.6 Å². The lowest BCUT2D eigenvalue weighted by Crippen LogP contribution is -2.59. The van der Waals surface area contributed by atoms with Gasteiger partial charge in [-0.1, -0.05) is 30.3 Å². The van der Waals surface area contributed by atoms with Crippen LogP contribution in [0.15, 0.2) is 49.1 Å². The van der Waals surface area contributed by atoms with E-state index in [0.29, 0.717) is 37.3 Å². The highest BCUT2D eigenvalue weighted by atomic mass is 16.5. The van der Waals surface area contributed by atoms with Crippen LogP contribution in [-0.4, -0.2) is 47.6 Å². The Labute approximate surface area is 140 Å². The van der Waals surface area contributed by atoms with Crippen molar-refractivity contribution < 1.29 is 14.3 Å². The Kier molecular flexibility index (Phi) is 3.67. The van der Waals surface area contributed by atoms with Gasteiger partial charge in [-0.25, -0.2) is 10.0 Å². The first-order chi connectivity index (χ1) is 11.7. The molecule has 4 rings (SSSR count). The monoisotopic (exact) mass is 322 g/mol. The lowest BCUT2D eigenvalue weighted by atomic mass is 9.95. The van der Waals surface area contributed by atoms with Gasteiger partial charge in [-0.15, -0.1) is 6.58 Å². The normalized spacial score (nSPS) is 21.3. The van der Waals surface area contributed by atoms with Gasteiger partial charge in [-0.05, 0) is 23.9 Å². The van der Waals surface area contributed by atoms with Crippen molar-refractivity contribution in [2.75, 3.05) is 19.8 Å². The van der Waals surface area contributed by atoms with Gasteiger partial charge < -0.3 is 4.74 Å². The summed E-state index contributed by atoms with van der Waals surface area (Å²) in [4.78, 5) is 26.1. The van der Waals surface area contributed by atoms with E-state index in [-0.39, 0.29) is 17.9 Å². The summed E-state index contributed by atoms with van der Waals surface area (Å²) in [6.45, 7) is 5.25. The van der Waals surface area contributed by atoms with E-state index in [9.17, 15) is 9.59 Å². The van der Waals surface area contributed by atoms with Crippen molar-refractivity contribution in [2.45, 2.75) is 12.5 Å². The summed E-state index contributed by atoms with van der Waals surface area (Å²) in [6, 6.07) is 11.1. The molecule has 0 spiro atoms. The molecule has 2 aromatic carbocycles. The third-order valence-electron chi connectivity index (χ3n) is 4.64. The second-order valence-electron chi connectivity index (χ2n) is 6.05. The summed E-state index contributed by atoms with van der Waals surface area (Å²) in [5, 5.41) is 4.80. The Morgan fingerprint density at radius 1 is 1.12 bits per heavy atom. The maximum atomic E-state index is 13.1. The van der Waals surface area contributed by atoms with E-state index in [4.69, 9.17) is 4.74 Å². The number of amides is 2. The molecular formula is C19H18N2O3. The Hall–Kier alpha value is -2.50. The standard InChI is InChI=1S/C19H18N2O3/c1-2-5-14-12-24-11-10-20(14)21-18(22)15-8-3-6-13-7-4-9-16(17(13)15)19(21)23/h2-4,6-9,14H,1,5,10-12H2. The maximum Gasteiger partial charge on any atom is 0.276 e. The number of hydrogen-bond acceptors (Lipinski definition) is 4. The smallest absolute Gasteiger partial charge is 0.276 e. The minimum atomic E-state index is -0.264. The van der Waals surface area contributed by atoms with E-state index in [1.54, 1.807) is 18.2 Å². The van der Waals surface area contributed by atoms with Crippen molar-refractivity contribution in [1.82, 2.24) is 10.0 Å². The lowest BCUT2D eigenvalue weighted by molar-refractivity contribution is -0.0904. The summed E-state index contributed by atoms with van der Waals surface area (Å²) < 4.78 is 5.51. The summed E-state index contributed by atoms with van der Waals surface area (Å²) in [5.74, 6) is -0.527. The number of nitrogens with zero attached hydrogens (tertiary/aromatic N) is 2. The van der Waals surface area contributed by atoms with Crippen LogP contribution < -0.4 is 0 Å². The fraction of sp³-hybridized carbons (Fsp3) is 0.263. The zero-order chi connectivity index (χ0) is 16.7. The molecule has 0 bridgehead atoms. The highest BCUT2D eigenvalue weighted by molar-refractivity contribution is 6.25. The Morgan fingerprint density at radius 3 is 2.42 bits per heavy atom. The molecule has 0 saturated carbocycles. The number of carbonyl (C=O) groups excluding carboxylic acids is 2. The van der Waals surface area contributed by atoms with Gasteiger partial charge in [0.05, 0.1) is 30.4 Å². The molecule has 1 saturated heterocycles. The van der Waals surface area contributed by atoms with Crippen LogP contribution in [0.5, 0.6) is 0 Å². The molecule has 1 atom stereocenters. The topological polar surface area (TPSA) is 49.9 Å². The van der Waals surface area contributed by atoms with Gasteiger partial charge in [0, 0.05) is 11.9 Å². The van der Waals surface area contributed by atoms with Crippen LogP contribution in [0.4, 0.5) is 0 Å². The molecule has 2 aliphatic rings. The SMILES string of the molecule is C=CCC1COCCN1N1C(=O)c2cccc3cccc(c23)C1=O. The van der Waals surface area contributed by atoms with Crippen molar-refractivity contribution in [2.24, 2.45) is 0 Å². The number of ether oxygens (including phenoxy) is 1. The molecule has 122 valence electrons. The number of morpholine rings is 1. The fourth-order valence-corrected chi connectivity index (χ4v) is 3.54. The van der Waals surface area contributed by atoms with E-state index >= 15 is 0 Å². The van der Waals surface area contributed by atoms with E-state index in [2.05, 4.69) is 6.58 Å². The van der Waals surface area contributed by atoms with Gasteiger partial charge in [-0.3, -0.25) is 9.59 Å². The fourth-order valence-electron chi connectivity index (χ4n) is 3.54. The van der Waals surface area contributed by atoms with Gasteiger partial charge in [0.15, 0.2) is 0 Å². The molecule has 2 heterocycles. The molecule has 2 aliphatic heterocycles. The predicted molar refractivity (Wildman–Crippen MR) is 90.6 cm³/mol. The van der Waals surface area contributed by atoms with Crippen LogP contribution in [0.3, 0.4) is 0 Å². The molecule has 24 heavy (non-hydrogen) atoms. The highest BCUT2D eigenvalue weighted by Crippen LogP contribution is 2.31. The molecule has 0 aliphatic carbocycles. The summed E-state index contributed by atoms with van der Waals surface area (Å²) in [6.07, 6.45) is 2.45. The molecule has 1 unspecified atom stereocenters. The quantitative estimate of drug-likeness (QED) is 0.644. The molecule has 1 fully saturated rings. The first kappa shape index (κ1) is 15.1. The van der Waals surface area contributed by atoms with Crippen molar-refractivity contribution in [3.63, 3.8) is 0 Å². The average Bonchev–Trinajstić information content (AvgIpc) is 2.61. The largest absolute Gasteiger partial charge is 0.378 e. The summed E-state index contributed by atoms with van der Waals surface area (Å²) in [5.41, 5.74) is 1.15. The molecule has 0 radical (unpaired) electrons.